The second kappa shape index (κ2) is 5.23. The Kier molecular flexibility index (Phi) is 3.79. The van der Waals surface area contributed by atoms with Crippen molar-refractivity contribution in [1.82, 2.24) is 4.90 Å². The zero-order chi connectivity index (χ0) is 14.9. The maximum Gasteiger partial charge on any atom is 0.410 e. The Labute approximate surface area is 119 Å². The summed E-state index contributed by atoms with van der Waals surface area (Å²) in [5.41, 5.74) is 1.29. The fraction of sp³-hybridized carbons (Fsp3) is 0.533. The van der Waals surface area contributed by atoms with Gasteiger partial charge in [0.2, 0.25) is 0 Å². The Balaban J connectivity index is 2.22. The number of fused-ring (bicyclic) bond motifs is 1. The summed E-state index contributed by atoms with van der Waals surface area (Å²) in [7, 11) is 0. The van der Waals surface area contributed by atoms with Crippen molar-refractivity contribution >= 4 is 6.09 Å². The molecule has 0 saturated carbocycles. The van der Waals surface area contributed by atoms with Gasteiger partial charge in [0.25, 0.3) is 0 Å². The lowest BCUT2D eigenvalue weighted by molar-refractivity contribution is 0.0225. The Hall–Kier alpha value is -1.91. The van der Waals surface area contributed by atoms with Crippen LogP contribution in [0.3, 0.4) is 0 Å². The number of ether oxygens (including phenoxy) is 2. The number of phenolic OH excluding ortho intramolecular Hbond substituents is 1. The van der Waals surface area contributed by atoms with Crippen LogP contribution in [0.15, 0.2) is 12.1 Å². The van der Waals surface area contributed by atoms with Gasteiger partial charge in [0.1, 0.15) is 23.7 Å². The zero-order valence-electron chi connectivity index (χ0n) is 12.4. The first-order chi connectivity index (χ1) is 9.26. The number of carbonyl (C=O) groups excluding carboxylic acids is 1. The minimum absolute atomic E-state index is 0.173. The van der Waals surface area contributed by atoms with E-state index in [1.807, 2.05) is 27.7 Å². The van der Waals surface area contributed by atoms with Gasteiger partial charge in [-0.25, -0.2) is 4.79 Å². The molecule has 0 radical (unpaired) electrons. The van der Waals surface area contributed by atoms with Gasteiger partial charge in [0.15, 0.2) is 0 Å². The summed E-state index contributed by atoms with van der Waals surface area (Å²) in [4.78, 5) is 13.8. The number of hydrogen-bond donors (Lipinski definition) is 1. The van der Waals surface area contributed by atoms with Crippen LogP contribution in [0.4, 0.5) is 4.79 Å². The summed E-state index contributed by atoms with van der Waals surface area (Å²) in [5.74, 6) is 0.806. The number of benzene rings is 1. The monoisotopic (exact) mass is 279 g/mol. The van der Waals surface area contributed by atoms with Crippen LogP contribution in [0.5, 0.6) is 11.5 Å². The number of hydrogen-bond acceptors (Lipinski definition) is 4. The van der Waals surface area contributed by atoms with E-state index in [1.165, 1.54) is 0 Å². The summed E-state index contributed by atoms with van der Waals surface area (Å²) in [6, 6.07) is 3.25. The van der Waals surface area contributed by atoms with Gasteiger partial charge in [0, 0.05) is 11.6 Å². The fourth-order valence-corrected chi connectivity index (χ4v) is 2.12. The maximum atomic E-state index is 12.2. The molecule has 1 N–H and O–H groups in total. The molecule has 0 aromatic heterocycles. The van der Waals surface area contributed by atoms with E-state index in [1.54, 1.807) is 17.0 Å². The predicted octanol–water partition coefficient (Wildman–Crippen LogP) is 2.83. The molecule has 0 fully saturated rings. The van der Waals surface area contributed by atoms with Crippen molar-refractivity contribution in [1.29, 1.82) is 0 Å². The molecule has 1 amide bonds. The second-order valence-electron chi connectivity index (χ2n) is 5.99. The fourth-order valence-electron chi connectivity index (χ4n) is 2.12. The van der Waals surface area contributed by atoms with E-state index in [0.29, 0.717) is 25.4 Å². The molecule has 0 bridgehead atoms. The summed E-state index contributed by atoms with van der Waals surface area (Å²) in [5, 5.41) is 9.60. The lowest BCUT2D eigenvalue weighted by Crippen LogP contribution is -2.37. The predicted molar refractivity (Wildman–Crippen MR) is 75.0 cm³/mol. The highest BCUT2D eigenvalue weighted by molar-refractivity contribution is 5.68. The third kappa shape index (κ3) is 3.35. The molecule has 5 heteroatoms. The van der Waals surface area contributed by atoms with Crippen LogP contribution in [-0.2, 0) is 11.3 Å². The number of phenols is 1. The molecule has 1 heterocycles. The minimum atomic E-state index is -0.517. The number of amides is 1. The van der Waals surface area contributed by atoms with E-state index in [0.717, 1.165) is 11.1 Å². The van der Waals surface area contributed by atoms with Crippen molar-refractivity contribution in [2.24, 2.45) is 0 Å². The van der Waals surface area contributed by atoms with E-state index in [9.17, 15) is 9.90 Å². The average Bonchev–Trinajstić information content (AvgIpc) is 2.49. The number of rotatable bonds is 0. The molecule has 0 unspecified atom stereocenters. The van der Waals surface area contributed by atoms with Gasteiger partial charge < -0.3 is 19.5 Å². The third-order valence-electron chi connectivity index (χ3n) is 3.04. The smallest absolute Gasteiger partial charge is 0.410 e. The number of nitrogens with zero attached hydrogens (tertiary/aromatic N) is 1. The standard InChI is InChI=1S/C15H21NO4/c1-10-7-11(17)8-13-12(10)9-16(5-6-19-13)14(18)20-15(2,3)4/h7-8,17H,5-6,9H2,1-4H3. The maximum absolute atomic E-state index is 12.2. The number of aromatic hydroxyl groups is 1. The molecule has 0 atom stereocenters. The number of carbonyl (C=O) groups is 1. The first kappa shape index (κ1) is 14.5. The molecule has 0 aliphatic carbocycles. The highest BCUT2D eigenvalue weighted by atomic mass is 16.6. The first-order valence-corrected chi connectivity index (χ1v) is 6.69. The van der Waals surface area contributed by atoms with E-state index in [4.69, 9.17) is 9.47 Å². The SMILES string of the molecule is Cc1cc(O)cc2c1CN(C(=O)OC(C)(C)C)CCO2. The molecule has 0 spiro atoms. The lowest BCUT2D eigenvalue weighted by Gasteiger charge is -2.26. The molecule has 1 aliphatic rings. The van der Waals surface area contributed by atoms with Crippen molar-refractivity contribution in [3.05, 3.63) is 23.3 Å². The molecule has 1 aromatic rings. The van der Waals surface area contributed by atoms with Crippen LogP contribution < -0.4 is 4.74 Å². The van der Waals surface area contributed by atoms with Crippen molar-refractivity contribution < 1.29 is 19.4 Å². The summed E-state index contributed by atoms with van der Waals surface area (Å²) >= 11 is 0. The van der Waals surface area contributed by atoms with Gasteiger partial charge in [-0.15, -0.1) is 0 Å². The quantitative estimate of drug-likeness (QED) is 0.793. The van der Waals surface area contributed by atoms with Crippen molar-refractivity contribution in [3.63, 3.8) is 0 Å². The van der Waals surface area contributed by atoms with Gasteiger partial charge in [-0.2, -0.15) is 0 Å². The van der Waals surface area contributed by atoms with Gasteiger partial charge in [-0.1, -0.05) is 0 Å². The van der Waals surface area contributed by atoms with Crippen molar-refractivity contribution in [2.75, 3.05) is 13.2 Å². The molecular formula is C15H21NO4. The van der Waals surface area contributed by atoms with Crippen molar-refractivity contribution in [3.8, 4) is 11.5 Å². The minimum Gasteiger partial charge on any atom is -0.508 e. The van der Waals surface area contributed by atoms with Gasteiger partial charge >= 0.3 is 6.09 Å². The van der Waals surface area contributed by atoms with E-state index >= 15 is 0 Å². The molecule has 2 rings (SSSR count). The first-order valence-electron chi connectivity index (χ1n) is 6.69. The van der Waals surface area contributed by atoms with Crippen LogP contribution in [0.1, 0.15) is 31.9 Å². The topological polar surface area (TPSA) is 59.0 Å². The van der Waals surface area contributed by atoms with Crippen LogP contribution in [0.25, 0.3) is 0 Å². The lowest BCUT2D eigenvalue weighted by atomic mass is 10.1. The second-order valence-corrected chi connectivity index (χ2v) is 5.99. The van der Waals surface area contributed by atoms with Crippen LogP contribution in [-0.4, -0.2) is 34.9 Å². The van der Waals surface area contributed by atoms with Crippen LogP contribution >= 0.6 is 0 Å². The normalized spacial score (nSPS) is 15.1. The highest BCUT2D eigenvalue weighted by Gasteiger charge is 2.26. The van der Waals surface area contributed by atoms with E-state index < -0.39 is 5.60 Å². The van der Waals surface area contributed by atoms with E-state index in [2.05, 4.69) is 0 Å². The molecule has 1 aliphatic heterocycles. The summed E-state index contributed by atoms with van der Waals surface area (Å²) in [6.07, 6.45) is -0.346. The summed E-state index contributed by atoms with van der Waals surface area (Å²) < 4.78 is 11.0. The number of aryl methyl sites for hydroxylation is 1. The molecule has 1 aromatic carbocycles. The van der Waals surface area contributed by atoms with Gasteiger partial charge in [-0.05, 0) is 39.3 Å². The Morgan fingerprint density at radius 1 is 1.40 bits per heavy atom. The van der Waals surface area contributed by atoms with Crippen LogP contribution in [0.2, 0.25) is 0 Å². The Bertz CT molecular complexity index is 519. The average molecular weight is 279 g/mol. The zero-order valence-corrected chi connectivity index (χ0v) is 12.4. The Morgan fingerprint density at radius 2 is 2.10 bits per heavy atom. The van der Waals surface area contributed by atoms with Gasteiger partial charge in [0.05, 0.1) is 13.1 Å². The molecule has 5 nitrogen and oxygen atoms in total. The van der Waals surface area contributed by atoms with Crippen molar-refractivity contribution in [2.45, 2.75) is 39.8 Å². The van der Waals surface area contributed by atoms with E-state index in [-0.39, 0.29) is 11.8 Å². The molecular weight excluding hydrogens is 258 g/mol. The molecule has 20 heavy (non-hydrogen) atoms. The molecule has 0 saturated heterocycles. The largest absolute Gasteiger partial charge is 0.508 e. The highest BCUT2D eigenvalue weighted by Crippen LogP contribution is 2.31. The van der Waals surface area contributed by atoms with Crippen LogP contribution in [0, 0.1) is 6.92 Å². The third-order valence-corrected chi connectivity index (χ3v) is 3.04. The summed E-state index contributed by atoms with van der Waals surface area (Å²) in [6.45, 7) is 8.69. The van der Waals surface area contributed by atoms with Gasteiger partial charge in [-0.3, -0.25) is 0 Å². The molecule has 110 valence electrons. The Morgan fingerprint density at radius 3 is 2.75 bits per heavy atom.